The molecule has 0 unspecified atom stereocenters. The highest BCUT2D eigenvalue weighted by Gasteiger charge is 2.20. The third-order valence-corrected chi connectivity index (χ3v) is 6.57. The maximum absolute atomic E-state index is 12.6. The van der Waals surface area contributed by atoms with Gasteiger partial charge in [0.05, 0.1) is 5.75 Å². The van der Waals surface area contributed by atoms with E-state index < -0.39 is 0 Å². The van der Waals surface area contributed by atoms with Crippen molar-refractivity contribution in [2.24, 2.45) is 0 Å². The smallest absolute Gasteiger partial charge is 0.233 e. The van der Waals surface area contributed by atoms with Crippen LogP contribution in [0.15, 0.2) is 59.2 Å². The largest absolute Gasteiger partial charge is 0.339 e. The van der Waals surface area contributed by atoms with E-state index in [1.54, 1.807) is 17.7 Å². The first kappa shape index (κ1) is 19.1. The van der Waals surface area contributed by atoms with Gasteiger partial charge in [-0.15, -0.1) is 11.3 Å². The van der Waals surface area contributed by atoms with Crippen molar-refractivity contribution in [3.63, 3.8) is 0 Å². The Morgan fingerprint density at radius 2 is 1.93 bits per heavy atom. The van der Waals surface area contributed by atoms with Gasteiger partial charge in [-0.3, -0.25) is 9.69 Å². The number of carbonyl (C=O) groups excluding carboxylic acids is 1. The SMILES string of the molecule is O=C(CSc1ncnc2sccc12)N1CCN(C/C=C/c2ccccc2)CC1. The summed E-state index contributed by atoms with van der Waals surface area (Å²) in [6, 6.07) is 12.4. The fourth-order valence-electron chi connectivity index (χ4n) is 3.19. The Morgan fingerprint density at radius 1 is 1.11 bits per heavy atom. The fraction of sp³-hybridized carbons (Fsp3) is 0.286. The van der Waals surface area contributed by atoms with Crippen molar-refractivity contribution in [3.05, 3.63) is 59.7 Å². The molecule has 3 aromatic rings. The normalized spacial score (nSPS) is 15.5. The topological polar surface area (TPSA) is 49.3 Å². The standard InChI is InChI=1S/C21H22N4OS2/c26-19(15-28-21-18-8-14-27-20(18)22-16-23-21)25-12-10-24(11-13-25)9-4-7-17-5-2-1-3-6-17/h1-8,14,16H,9-13,15H2/b7-4+. The van der Waals surface area contributed by atoms with E-state index in [0.717, 1.165) is 48.0 Å². The summed E-state index contributed by atoms with van der Waals surface area (Å²) in [6.07, 6.45) is 5.93. The highest BCUT2D eigenvalue weighted by Crippen LogP contribution is 2.27. The number of fused-ring (bicyclic) bond motifs is 1. The molecule has 28 heavy (non-hydrogen) atoms. The first-order valence-corrected chi connectivity index (χ1v) is 11.2. The number of hydrogen-bond acceptors (Lipinski definition) is 6. The number of benzene rings is 1. The summed E-state index contributed by atoms with van der Waals surface area (Å²) < 4.78 is 0. The summed E-state index contributed by atoms with van der Waals surface area (Å²) in [5, 5.41) is 3.95. The van der Waals surface area contributed by atoms with E-state index in [1.807, 2.05) is 34.5 Å². The number of thioether (sulfide) groups is 1. The second-order valence-corrected chi connectivity index (χ2v) is 8.46. The Morgan fingerprint density at radius 3 is 2.75 bits per heavy atom. The summed E-state index contributed by atoms with van der Waals surface area (Å²) in [4.78, 5) is 26.5. The van der Waals surface area contributed by atoms with Crippen LogP contribution in [0.3, 0.4) is 0 Å². The molecule has 1 saturated heterocycles. The van der Waals surface area contributed by atoms with Crippen LogP contribution in [0.1, 0.15) is 5.56 Å². The molecule has 1 aliphatic rings. The van der Waals surface area contributed by atoms with Gasteiger partial charge in [0.15, 0.2) is 0 Å². The van der Waals surface area contributed by atoms with Gasteiger partial charge in [-0.2, -0.15) is 0 Å². The van der Waals surface area contributed by atoms with E-state index >= 15 is 0 Å². The quantitative estimate of drug-likeness (QED) is 0.459. The molecule has 1 amide bonds. The zero-order valence-electron chi connectivity index (χ0n) is 15.5. The average molecular weight is 411 g/mol. The van der Waals surface area contributed by atoms with Crippen LogP contribution in [0.4, 0.5) is 0 Å². The van der Waals surface area contributed by atoms with Crippen LogP contribution >= 0.6 is 23.1 Å². The van der Waals surface area contributed by atoms with Gasteiger partial charge in [-0.05, 0) is 17.0 Å². The van der Waals surface area contributed by atoms with Crippen molar-refractivity contribution in [2.45, 2.75) is 5.03 Å². The zero-order chi connectivity index (χ0) is 19.2. The van der Waals surface area contributed by atoms with Crippen LogP contribution in [0.25, 0.3) is 16.3 Å². The lowest BCUT2D eigenvalue weighted by Crippen LogP contribution is -2.49. The number of carbonyl (C=O) groups is 1. The van der Waals surface area contributed by atoms with Crippen LogP contribution in [0, 0.1) is 0 Å². The minimum absolute atomic E-state index is 0.187. The molecule has 144 valence electrons. The molecule has 4 rings (SSSR count). The minimum atomic E-state index is 0.187. The van der Waals surface area contributed by atoms with Gasteiger partial charge in [-0.1, -0.05) is 54.2 Å². The number of piperazine rings is 1. The van der Waals surface area contributed by atoms with Crippen LogP contribution in [-0.2, 0) is 4.79 Å². The summed E-state index contributed by atoms with van der Waals surface area (Å²) >= 11 is 3.11. The Bertz CT molecular complexity index is 949. The first-order valence-electron chi connectivity index (χ1n) is 9.32. The average Bonchev–Trinajstić information content (AvgIpc) is 3.23. The van der Waals surface area contributed by atoms with Crippen LogP contribution in [0.5, 0.6) is 0 Å². The predicted octanol–water partition coefficient (Wildman–Crippen LogP) is 3.64. The van der Waals surface area contributed by atoms with Gasteiger partial charge in [0.2, 0.25) is 5.91 Å². The van der Waals surface area contributed by atoms with Gasteiger partial charge in [0, 0.05) is 38.1 Å². The van der Waals surface area contributed by atoms with Gasteiger partial charge >= 0.3 is 0 Å². The molecule has 7 heteroatoms. The van der Waals surface area contributed by atoms with E-state index in [-0.39, 0.29) is 5.91 Å². The van der Waals surface area contributed by atoms with E-state index in [4.69, 9.17) is 0 Å². The molecule has 2 aromatic heterocycles. The molecule has 5 nitrogen and oxygen atoms in total. The zero-order valence-corrected chi connectivity index (χ0v) is 17.2. The maximum Gasteiger partial charge on any atom is 0.233 e. The molecular formula is C21H22N4OS2. The minimum Gasteiger partial charge on any atom is -0.339 e. The highest BCUT2D eigenvalue weighted by molar-refractivity contribution is 8.00. The number of nitrogens with zero attached hydrogens (tertiary/aromatic N) is 4. The molecule has 0 N–H and O–H groups in total. The van der Waals surface area contributed by atoms with Gasteiger partial charge in [-0.25, -0.2) is 9.97 Å². The molecule has 0 spiro atoms. The number of hydrogen-bond donors (Lipinski definition) is 0. The van der Waals surface area contributed by atoms with E-state index in [2.05, 4.69) is 39.2 Å². The van der Waals surface area contributed by atoms with E-state index in [0.29, 0.717) is 5.75 Å². The van der Waals surface area contributed by atoms with Crippen molar-refractivity contribution in [1.29, 1.82) is 0 Å². The number of thiophene rings is 1. The monoisotopic (exact) mass is 410 g/mol. The summed E-state index contributed by atoms with van der Waals surface area (Å²) in [5.41, 5.74) is 1.22. The summed E-state index contributed by atoms with van der Waals surface area (Å²) in [7, 11) is 0. The van der Waals surface area contributed by atoms with Crippen LogP contribution < -0.4 is 0 Å². The predicted molar refractivity (Wildman–Crippen MR) is 117 cm³/mol. The second kappa shape index (κ2) is 9.32. The molecule has 1 fully saturated rings. The van der Waals surface area contributed by atoms with Crippen molar-refractivity contribution >= 4 is 45.3 Å². The molecule has 0 radical (unpaired) electrons. The number of aromatic nitrogens is 2. The Hall–Kier alpha value is -2.22. The Labute approximate surface area is 173 Å². The lowest BCUT2D eigenvalue weighted by molar-refractivity contribution is -0.129. The summed E-state index contributed by atoms with van der Waals surface area (Å²) in [5.74, 6) is 0.613. The second-order valence-electron chi connectivity index (χ2n) is 6.60. The van der Waals surface area contributed by atoms with Crippen LogP contribution in [0.2, 0.25) is 0 Å². The van der Waals surface area contributed by atoms with Crippen LogP contribution in [-0.4, -0.2) is 64.2 Å². The van der Waals surface area contributed by atoms with Crippen molar-refractivity contribution < 1.29 is 4.79 Å². The lowest BCUT2D eigenvalue weighted by Gasteiger charge is -2.34. The molecule has 1 aromatic carbocycles. The fourth-order valence-corrected chi connectivity index (χ4v) is 4.87. The summed E-state index contributed by atoms with van der Waals surface area (Å²) in [6.45, 7) is 4.32. The maximum atomic E-state index is 12.6. The molecule has 0 bridgehead atoms. The van der Waals surface area contributed by atoms with Gasteiger partial charge in [0.1, 0.15) is 16.2 Å². The van der Waals surface area contributed by atoms with Crippen molar-refractivity contribution in [3.8, 4) is 0 Å². The first-order chi connectivity index (χ1) is 13.8. The Balaban J connectivity index is 1.23. The molecule has 0 atom stereocenters. The van der Waals surface area contributed by atoms with Crippen molar-refractivity contribution in [2.75, 3.05) is 38.5 Å². The molecule has 0 saturated carbocycles. The number of amides is 1. The number of rotatable bonds is 6. The van der Waals surface area contributed by atoms with Gasteiger partial charge in [0.25, 0.3) is 0 Å². The van der Waals surface area contributed by atoms with Crippen molar-refractivity contribution in [1.82, 2.24) is 19.8 Å². The van der Waals surface area contributed by atoms with E-state index in [9.17, 15) is 4.79 Å². The molecular weight excluding hydrogens is 388 g/mol. The lowest BCUT2D eigenvalue weighted by atomic mass is 10.2. The Kier molecular flexibility index (Phi) is 6.36. The third kappa shape index (κ3) is 4.79. The third-order valence-electron chi connectivity index (χ3n) is 4.76. The van der Waals surface area contributed by atoms with E-state index in [1.165, 1.54) is 17.3 Å². The molecule has 3 heterocycles. The highest BCUT2D eigenvalue weighted by atomic mass is 32.2. The molecule has 0 aliphatic carbocycles. The molecule has 1 aliphatic heterocycles. The van der Waals surface area contributed by atoms with Gasteiger partial charge < -0.3 is 4.90 Å².